The van der Waals surface area contributed by atoms with Crippen molar-refractivity contribution in [3.63, 3.8) is 0 Å². The molecule has 4 heteroatoms. The zero-order valence-electron chi connectivity index (χ0n) is 11.3. The van der Waals surface area contributed by atoms with Crippen LogP contribution in [0.5, 0.6) is 0 Å². The van der Waals surface area contributed by atoms with Crippen molar-refractivity contribution in [1.82, 2.24) is 9.63 Å². The number of carbonyl (C=O) groups excluding carboxylic acids is 1. The molecule has 17 heavy (non-hydrogen) atoms. The second kappa shape index (κ2) is 4.92. The smallest absolute Gasteiger partial charge is 0.251 e. The van der Waals surface area contributed by atoms with Crippen molar-refractivity contribution in [2.24, 2.45) is 12.5 Å². The fourth-order valence-corrected chi connectivity index (χ4v) is 1.67. The summed E-state index contributed by atoms with van der Waals surface area (Å²) in [5.41, 5.74) is 1.53. The first-order chi connectivity index (χ1) is 7.77. The van der Waals surface area contributed by atoms with Gasteiger partial charge in [0.05, 0.1) is 6.54 Å². The highest BCUT2D eigenvalue weighted by atomic mass is 16.5. The number of hydrogen-bond acceptors (Lipinski definition) is 2. The number of rotatable bonds is 4. The lowest BCUT2D eigenvalue weighted by molar-refractivity contribution is -0.178. The Hall–Kier alpha value is -1.29. The van der Waals surface area contributed by atoms with Crippen molar-refractivity contribution in [2.75, 3.05) is 0 Å². The highest BCUT2D eigenvalue weighted by Crippen LogP contribution is 2.23. The van der Waals surface area contributed by atoms with E-state index in [9.17, 15) is 10.0 Å². The van der Waals surface area contributed by atoms with Gasteiger partial charge in [0.15, 0.2) is 0 Å². The Kier molecular flexibility index (Phi) is 3.98. The highest BCUT2D eigenvalue weighted by Gasteiger charge is 2.30. The number of aromatic nitrogens is 1. The molecule has 0 saturated carbocycles. The zero-order chi connectivity index (χ0) is 13.2. The standard InChI is InChI=1S/C13H22N2O2/c1-6-13(3,4)12(16)15(17)9-11-8-14(5)7-10(11)2/h7-8,17H,6,9H2,1-5H3. The van der Waals surface area contributed by atoms with Gasteiger partial charge in [-0.2, -0.15) is 0 Å². The number of hydroxylamine groups is 2. The number of hydrogen-bond donors (Lipinski definition) is 1. The lowest BCUT2D eigenvalue weighted by Crippen LogP contribution is -2.38. The summed E-state index contributed by atoms with van der Waals surface area (Å²) in [7, 11) is 1.93. The topological polar surface area (TPSA) is 45.5 Å². The second-order valence-electron chi connectivity index (χ2n) is 5.23. The van der Waals surface area contributed by atoms with Crippen molar-refractivity contribution < 1.29 is 10.0 Å². The van der Waals surface area contributed by atoms with Crippen LogP contribution in [-0.2, 0) is 18.4 Å². The quantitative estimate of drug-likeness (QED) is 0.647. The van der Waals surface area contributed by atoms with Crippen LogP contribution < -0.4 is 0 Å². The second-order valence-corrected chi connectivity index (χ2v) is 5.23. The van der Waals surface area contributed by atoms with E-state index in [1.807, 2.05) is 51.7 Å². The predicted molar refractivity (Wildman–Crippen MR) is 66.6 cm³/mol. The first-order valence-corrected chi connectivity index (χ1v) is 5.90. The molecular weight excluding hydrogens is 216 g/mol. The molecule has 96 valence electrons. The molecule has 0 aliphatic heterocycles. The van der Waals surface area contributed by atoms with Crippen molar-refractivity contribution in [2.45, 2.75) is 40.7 Å². The van der Waals surface area contributed by atoms with E-state index in [1.165, 1.54) is 0 Å². The van der Waals surface area contributed by atoms with E-state index in [1.54, 1.807) is 0 Å². The third-order valence-corrected chi connectivity index (χ3v) is 3.28. The van der Waals surface area contributed by atoms with E-state index in [2.05, 4.69) is 0 Å². The van der Waals surface area contributed by atoms with E-state index in [0.29, 0.717) is 6.42 Å². The van der Waals surface area contributed by atoms with E-state index in [4.69, 9.17) is 0 Å². The summed E-state index contributed by atoms with van der Waals surface area (Å²) in [6, 6.07) is 0. The minimum Gasteiger partial charge on any atom is -0.357 e. The lowest BCUT2D eigenvalue weighted by Gasteiger charge is -2.26. The molecule has 0 radical (unpaired) electrons. The molecule has 1 rings (SSSR count). The van der Waals surface area contributed by atoms with Gasteiger partial charge in [-0.1, -0.05) is 20.8 Å². The van der Waals surface area contributed by atoms with Gasteiger partial charge >= 0.3 is 0 Å². The highest BCUT2D eigenvalue weighted by molar-refractivity contribution is 5.80. The zero-order valence-corrected chi connectivity index (χ0v) is 11.3. The molecule has 0 saturated heterocycles. The average Bonchev–Trinajstić information content (AvgIpc) is 2.56. The minimum atomic E-state index is -0.516. The van der Waals surface area contributed by atoms with Gasteiger partial charge in [-0.25, -0.2) is 5.06 Å². The first kappa shape index (κ1) is 13.8. The molecular formula is C13H22N2O2. The summed E-state index contributed by atoms with van der Waals surface area (Å²) >= 11 is 0. The number of carbonyl (C=O) groups is 1. The molecule has 1 aromatic rings. The maximum absolute atomic E-state index is 12.0. The maximum atomic E-state index is 12.0. The van der Waals surface area contributed by atoms with Crippen LogP contribution >= 0.6 is 0 Å². The van der Waals surface area contributed by atoms with E-state index in [0.717, 1.165) is 16.2 Å². The van der Waals surface area contributed by atoms with Crippen LogP contribution in [0.2, 0.25) is 0 Å². The Balaban J connectivity index is 2.76. The van der Waals surface area contributed by atoms with Crippen LogP contribution in [0.3, 0.4) is 0 Å². The molecule has 0 fully saturated rings. The van der Waals surface area contributed by atoms with Gasteiger partial charge in [-0.05, 0) is 24.5 Å². The SMILES string of the molecule is CCC(C)(C)C(=O)N(O)Cc1cn(C)cc1C. The molecule has 1 aromatic heterocycles. The van der Waals surface area contributed by atoms with Crippen molar-refractivity contribution >= 4 is 5.91 Å². The van der Waals surface area contributed by atoms with Gasteiger partial charge in [0.2, 0.25) is 0 Å². The molecule has 0 bridgehead atoms. The van der Waals surface area contributed by atoms with E-state index < -0.39 is 5.41 Å². The van der Waals surface area contributed by atoms with Gasteiger partial charge in [0, 0.05) is 24.9 Å². The predicted octanol–water partition coefficient (Wildman–Crippen LogP) is 2.49. The molecule has 0 aliphatic rings. The van der Waals surface area contributed by atoms with Crippen LogP contribution in [0.1, 0.15) is 38.3 Å². The van der Waals surface area contributed by atoms with Gasteiger partial charge < -0.3 is 4.57 Å². The molecule has 1 heterocycles. The fraction of sp³-hybridized carbons (Fsp3) is 0.615. The van der Waals surface area contributed by atoms with Gasteiger partial charge in [0.1, 0.15) is 0 Å². The number of amides is 1. The molecule has 1 N–H and O–H groups in total. The Morgan fingerprint density at radius 3 is 2.47 bits per heavy atom. The summed E-state index contributed by atoms with van der Waals surface area (Å²) in [6.07, 6.45) is 4.60. The number of aryl methyl sites for hydroxylation is 2. The maximum Gasteiger partial charge on any atom is 0.251 e. The van der Waals surface area contributed by atoms with Crippen molar-refractivity contribution in [3.8, 4) is 0 Å². The molecule has 0 aliphatic carbocycles. The van der Waals surface area contributed by atoms with Crippen LogP contribution in [0, 0.1) is 12.3 Å². The Bertz CT molecular complexity index is 408. The largest absolute Gasteiger partial charge is 0.357 e. The van der Waals surface area contributed by atoms with Gasteiger partial charge in [-0.15, -0.1) is 0 Å². The molecule has 0 unspecified atom stereocenters. The third kappa shape index (κ3) is 3.09. The summed E-state index contributed by atoms with van der Waals surface area (Å²) in [5.74, 6) is -0.233. The summed E-state index contributed by atoms with van der Waals surface area (Å²) in [6.45, 7) is 7.85. The molecule has 0 aromatic carbocycles. The average molecular weight is 238 g/mol. The Morgan fingerprint density at radius 2 is 2.06 bits per heavy atom. The van der Waals surface area contributed by atoms with E-state index >= 15 is 0 Å². The summed E-state index contributed by atoms with van der Waals surface area (Å²) in [4.78, 5) is 12.0. The lowest BCUT2D eigenvalue weighted by atomic mass is 9.89. The van der Waals surface area contributed by atoms with Crippen molar-refractivity contribution in [1.29, 1.82) is 0 Å². The van der Waals surface area contributed by atoms with Crippen LogP contribution in [0.4, 0.5) is 0 Å². The monoisotopic (exact) mass is 238 g/mol. The van der Waals surface area contributed by atoms with Gasteiger partial charge in [0.25, 0.3) is 5.91 Å². The Morgan fingerprint density at radius 1 is 1.47 bits per heavy atom. The van der Waals surface area contributed by atoms with Crippen LogP contribution in [0.25, 0.3) is 0 Å². The minimum absolute atomic E-state index is 0.233. The summed E-state index contributed by atoms with van der Waals surface area (Å²) in [5, 5.41) is 10.7. The first-order valence-electron chi connectivity index (χ1n) is 5.90. The van der Waals surface area contributed by atoms with Crippen LogP contribution in [0.15, 0.2) is 12.4 Å². The van der Waals surface area contributed by atoms with Gasteiger partial charge in [-0.3, -0.25) is 10.0 Å². The molecule has 4 nitrogen and oxygen atoms in total. The Labute approximate surface area is 103 Å². The normalized spacial score (nSPS) is 11.6. The van der Waals surface area contributed by atoms with Crippen molar-refractivity contribution in [3.05, 3.63) is 23.5 Å². The van der Waals surface area contributed by atoms with E-state index in [-0.39, 0.29) is 12.5 Å². The fourth-order valence-electron chi connectivity index (χ4n) is 1.67. The number of nitrogens with zero attached hydrogens (tertiary/aromatic N) is 2. The summed E-state index contributed by atoms with van der Waals surface area (Å²) < 4.78 is 1.92. The molecule has 0 atom stereocenters. The molecule has 1 amide bonds. The third-order valence-electron chi connectivity index (χ3n) is 3.28. The van der Waals surface area contributed by atoms with Crippen LogP contribution in [-0.4, -0.2) is 20.7 Å². The molecule has 0 spiro atoms.